The Balaban J connectivity index is 1.60. The predicted octanol–water partition coefficient (Wildman–Crippen LogP) is 3.19. The minimum atomic E-state index is -3.10. The second kappa shape index (κ2) is 8.01. The number of carbonyl (C=O) groups is 1. The summed E-state index contributed by atoms with van der Waals surface area (Å²) in [5, 5.41) is 0.990. The summed E-state index contributed by atoms with van der Waals surface area (Å²) in [6, 6.07) is 14.2. The molecule has 2 aromatic carbocycles. The van der Waals surface area contributed by atoms with Crippen molar-refractivity contribution in [1.82, 2.24) is 0 Å². The van der Waals surface area contributed by atoms with Crippen LogP contribution in [0.15, 0.2) is 53.5 Å². The van der Waals surface area contributed by atoms with Gasteiger partial charge in [0.2, 0.25) is 0 Å². The highest BCUT2D eigenvalue weighted by Crippen LogP contribution is 2.41. The number of thioether (sulfide) groups is 1. The normalized spacial score (nSPS) is 23.9. The zero-order valence-corrected chi connectivity index (χ0v) is 18.0. The number of halogens is 1. The Morgan fingerprint density at radius 2 is 1.86 bits per heavy atom. The fourth-order valence-corrected chi connectivity index (χ4v) is 7.59. The van der Waals surface area contributed by atoms with Crippen molar-refractivity contribution in [3.8, 4) is 5.75 Å². The van der Waals surface area contributed by atoms with Crippen LogP contribution < -0.4 is 9.64 Å². The Morgan fingerprint density at radius 1 is 1.17 bits per heavy atom. The third-order valence-electron chi connectivity index (χ3n) is 4.91. The van der Waals surface area contributed by atoms with Crippen LogP contribution in [-0.2, 0) is 21.1 Å². The lowest BCUT2D eigenvalue weighted by atomic mass is 10.1. The van der Waals surface area contributed by atoms with E-state index in [1.54, 1.807) is 31.4 Å². The van der Waals surface area contributed by atoms with E-state index < -0.39 is 9.84 Å². The van der Waals surface area contributed by atoms with E-state index in [4.69, 9.17) is 16.3 Å². The van der Waals surface area contributed by atoms with Gasteiger partial charge in [0.05, 0.1) is 31.1 Å². The number of aliphatic imine (C=N–C) groups is 1. The van der Waals surface area contributed by atoms with Gasteiger partial charge >= 0.3 is 0 Å². The number of carbonyl (C=O) groups excluding carboxylic acids is 1. The molecule has 0 saturated carbocycles. The average molecular weight is 451 g/mol. The van der Waals surface area contributed by atoms with Crippen LogP contribution in [0.2, 0.25) is 5.02 Å². The molecule has 29 heavy (non-hydrogen) atoms. The molecule has 0 aliphatic carbocycles. The Morgan fingerprint density at radius 3 is 2.52 bits per heavy atom. The second-order valence-corrected chi connectivity index (χ2v) is 10.8. The largest absolute Gasteiger partial charge is 0.497 e. The van der Waals surface area contributed by atoms with Crippen LogP contribution in [0.25, 0.3) is 0 Å². The van der Waals surface area contributed by atoms with Crippen molar-refractivity contribution in [3.63, 3.8) is 0 Å². The van der Waals surface area contributed by atoms with Gasteiger partial charge in [0, 0.05) is 16.0 Å². The molecule has 2 heterocycles. The third-order valence-corrected chi connectivity index (χ3v) is 8.37. The van der Waals surface area contributed by atoms with Crippen LogP contribution in [0.1, 0.15) is 5.56 Å². The van der Waals surface area contributed by atoms with Crippen LogP contribution in [0.5, 0.6) is 5.75 Å². The van der Waals surface area contributed by atoms with Gasteiger partial charge in [-0.25, -0.2) is 8.42 Å². The van der Waals surface area contributed by atoms with Gasteiger partial charge in [0.1, 0.15) is 5.75 Å². The van der Waals surface area contributed by atoms with Crippen molar-refractivity contribution in [2.45, 2.75) is 17.7 Å². The maximum Gasteiger partial charge on any atom is 0.252 e. The lowest BCUT2D eigenvalue weighted by Gasteiger charge is -2.24. The van der Waals surface area contributed by atoms with E-state index in [-0.39, 0.29) is 35.1 Å². The number of hydrogen-bond donors (Lipinski definition) is 0. The number of anilines is 1. The first-order chi connectivity index (χ1) is 13.8. The highest BCUT2D eigenvalue weighted by molar-refractivity contribution is 8.16. The molecule has 152 valence electrons. The van der Waals surface area contributed by atoms with Crippen LogP contribution in [0, 0.1) is 0 Å². The van der Waals surface area contributed by atoms with Gasteiger partial charge in [0.25, 0.3) is 5.91 Å². The van der Waals surface area contributed by atoms with E-state index >= 15 is 0 Å². The molecule has 0 bridgehead atoms. The molecule has 4 rings (SSSR count). The van der Waals surface area contributed by atoms with Crippen LogP contribution in [0.4, 0.5) is 5.69 Å². The van der Waals surface area contributed by atoms with E-state index in [1.807, 2.05) is 29.2 Å². The number of sulfone groups is 1. The second-order valence-electron chi connectivity index (χ2n) is 6.96. The number of amidine groups is 1. The number of nitrogens with zero attached hydrogens (tertiary/aromatic N) is 2. The molecule has 1 amide bonds. The van der Waals surface area contributed by atoms with Crippen molar-refractivity contribution in [2.24, 2.45) is 4.99 Å². The number of hydrogen-bond acceptors (Lipinski definition) is 5. The maximum absolute atomic E-state index is 12.6. The Hall–Kier alpha value is -2.03. The predicted molar refractivity (Wildman–Crippen MR) is 117 cm³/mol. The molecule has 0 unspecified atom stereocenters. The number of amides is 1. The van der Waals surface area contributed by atoms with E-state index in [2.05, 4.69) is 4.99 Å². The molecule has 0 aromatic heterocycles. The molecule has 2 fully saturated rings. The summed E-state index contributed by atoms with van der Waals surface area (Å²) >= 11 is 7.35. The summed E-state index contributed by atoms with van der Waals surface area (Å²) in [7, 11) is -1.51. The monoisotopic (exact) mass is 450 g/mol. The van der Waals surface area contributed by atoms with Gasteiger partial charge < -0.3 is 9.64 Å². The highest BCUT2D eigenvalue weighted by Gasteiger charge is 2.49. The first-order valence-electron chi connectivity index (χ1n) is 9.01. The molecule has 0 spiro atoms. The number of methoxy groups -OCH3 is 1. The lowest BCUT2D eigenvalue weighted by molar-refractivity contribution is -0.117. The summed E-state index contributed by atoms with van der Waals surface area (Å²) in [4.78, 5) is 18.8. The standard InChI is InChI=1S/C20H19ClN2O4S2/c1-27-16-8-2-13(3-9-16)10-19(24)22-20-23(15-6-4-14(21)5-7-15)17-11-29(25,26)12-18(17)28-20/h2-9,17-18H,10-12H2,1H3/t17-,18-/m0/s1. The zero-order chi connectivity index (χ0) is 20.6. The van der Waals surface area contributed by atoms with Gasteiger partial charge in [-0.2, -0.15) is 4.99 Å². The van der Waals surface area contributed by atoms with Gasteiger partial charge in [0.15, 0.2) is 15.0 Å². The summed E-state index contributed by atoms with van der Waals surface area (Å²) in [5.41, 5.74) is 1.62. The van der Waals surface area contributed by atoms with Crippen molar-refractivity contribution < 1.29 is 17.9 Å². The third kappa shape index (κ3) is 4.44. The quantitative estimate of drug-likeness (QED) is 0.712. The summed E-state index contributed by atoms with van der Waals surface area (Å²) < 4.78 is 29.4. The smallest absolute Gasteiger partial charge is 0.252 e. The van der Waals surface area contributed by atoms with Crippen LogP contribution >= 0.6 is 23.4 Å². The molecular weight excluding hydrogens is 432 g/mol. The van der Waals surface area contributed by atoms with Crippen molar-refractivity contribution in [1.29, 1.82) is 0 Å². The Labute approximate surface area is 178 Å². The van der Waals surface area contributed by atoms with Crippen LogP contribution in [0.3, 0.4) is 0 Å². The molecule has 0 N–H and O–H groups in total. The first-order valence-corrected chi connectivity index (χ1v) is 12.1. The number of rotatable bonds is 4. The van der Waals surface area contributed by atoms with Crippen molar-refractivity contribution >= 4 is 50.0 Å². The van der Waals surface area contributed by atoms with Crippen molar-refractivity contribution in [2.75, 3.05) is 23.5 Å². The van der Waals surface area contributed by atoms with E-state index in [0.29, 0.717) is 10.2 Å². The van der Waals surface area contributed by atoms with Gasteiger partial charge in [-0.15, -0.1) is 0 Å². The SMILES string of the molecule is COc1ccc(CC(=O)N=C2S[C@H]3CS(=O)(=O)C[C@@H]3N2c2ccc(Cl)cc2)cc1. The maximum atomic E-state index is 12.6. The molecule has 2 aliphatic rings. The van der Waals surface area contributed by atoms with Crippen LogP contribution in [-0.4, -0.2) is 49.4 Å². The number of benzene rings is 2. The fraction of sp³-hybridized carbons (Fsp3) is 0.300. The topological polar surface area (TPSA) is 76.0 Å². The van der Waals surface area contributed by atoms with Gasteiger partial charge in [-0.1, -0.05) is 35.5 Å². The lowest BCUT2D eigenvalue weighted by Crippen LogP contribution is -2.37. The van der Waals surface area contributed by atoms with Gasteiger partial charge in [-0.05, 0) is 42.0 Å². The zero-order valence-electron chi connectivity index (χ0n) is 15.6. The Bertz CT molecular complexity index is 1050. The van der Waals surface area contributed by atoms with Crippen molar-refractivity contribution in [3.05, 3.63) is 59.1 Å². The highest BCUT2D eigenvalue weighted by atomic mass is 35.5. The number of ether oxygens (including phenoxy) is 1. The summed E-state index contributed by atoms with van der Waals surface area (Å²) in [6.07, 6.45) is 0.163. The minimum absolute atomic E-state index is 0.0545. The molecule has 6 nitrogen and oxygen atoms in total. The average Bonchev–Trinajstić information content (AvgIpc) is 3.14. The van der Waals surface area contributed by atoms with Gasteiger partial charge in [-0.3, -0.25) is 4.79 Å². The molecule has 2 aromatic rings. The number of fused-ring (bicyclic) bond motifs is 1. The fourth-order valence-electron chi connectivity index (χ4n) is 3.53. The first kappa shape index (κ1) is 20.3. The molecule has 2 saturated heterocycles. The molecule has 2 aliphatic heterocycles. The summed E-state index contributed by atoms with van der Waals surface area (Å²) in [6.45, 7) is 0. The summed E-state index contributed by atoms with van der Waals surface area (Å²) in [5.74, 6) is 0.596. The van der Waals surface area contributed by atoms with E-state index in [9.17, 15) is 13.2 Å². The van der Waals surface area contributed by atoms with E-state index in [1.165, 1.54) is 11.8 Å². The Kier molecular flexibility index (Phi) is 5.59. The molecule has 0 radical (unpaired) electrons. The van der Waals surface area contributed by atoms with E-state index in [0.717, 1.165) is 17.0 Å². The molecular formula is C20H19ClN2O4S2. The minimum Gasteiger partial charge on any atom is -0.497 e. The molecule has 2 atom stereocenters. The molecule has 9 heteroatoms.